The molecular formula is C13H22N2O2S2. The Kier molecular flexibility index (Phi) is 4.66. The minimum absolute atomic E-state index is 0.458. The molecule has 0 saturated carbocycles. The lowest BCUT2D eigenvalue weighted by molar-refractivity contribution is 0.281. The molecular weight excluding hydrogens is 280 g/mol. The molecule has 1 aromatic rings. The Bertz CT molecular complexity index is 537. The number of piperidine rings is 1. The highest BCUT2D eigenvalue weighted by Crippen LogP contribution is 2.30. The smallest absolute Gasteiger partial charge is 0.244 e. The van der Waals surface area contributed by atoms with E-state index < -0.39 is 10.0 Å². The molecule has 1 unspecified atom stereocenters. The lowest BCUT2D eigenvalue weighted by Gasteiger charge is -2.29. The van der Waals surface area contributed by atoms with Crippen molar-refractivity contribution in [3.63, 3.8) is 0 Å². The van der Waals surface area contributed by atoms with E-state index in [0.717, 1.165) is 29.1 Å². The van der Waals surface area contributed by atoms with Gasteiger partial charge in [0.15, 0.2) is 0 Å². The number of nitrogens with zero attached hydrogens (tertiary/aromatic N) is 1. The zero-order chi connectivity index (χ0) is 14.0. The van der Waals surface area contributed by atoms with Crippen LogP contribution in [0.25, 0.3) is 0 Å². The molecule has 2 heterocycles. The van der Waals surface area contributed by atoms with Crippen molar-refractivity contribution in [3.05, 3.63) is 15.8 Å². The van der Waals surface area contributed by atoms with Gasteiger partial charge in [-0.1, -0.05) is 6.92 Å². The molecule has 0 radical (unpaired) electrons. The van der Waals surface area contributed by atoms with E-state index in [9.17, 15) is 8.42 Å². The summed E-state index contributed by atoms with van der Waals surface area (Å²) in [6.07, 6.45) is 2.09. The van der Waals surface area contributed by atoms with E-state index in [0.29, 0.717) is 23.9 Å². The number of hydrogen-bond acceptors (Lipinski definition) is 4. The second-order valence-corrected chi connectivity index (χ2v) is 8.52. The third-order valence-corrected chi connectivity index (χ3v) is 6.68. The minimum atomic E-state index is -3.31. The highest BCUT2D eigenvalue weighted by Gasteiger charge is 2.30. The molecule has 1 atom stereocenters. The Morgan fingerprint density at radius 1 is 1.53 bits per heavy atom. The van der Waals surface area contributed by atoms with Gasteiger partial charge < -0.3 is 5.32 Å². The van der Waals surface area contributed by atoms with E-state index in [-0.39, 0.29) is 0 Å². The van der Waals surface area contributed by atoms with Gasteiger partial charge in [-0.05, 0) is 38.8 Å². The van der Waals surface area contributed by atoms with Crippen molar-refractivity contribution in [1.82, 2.24) is 9.62 Å². The third kappa shape index (κ3) is 3.18. The molecule has 108 valence electrons. The fraction of sp³-hybridized carbons (Fsp3) is 0.692. The van der Waals surface area contributed by atoms with Gasteiger partial charge in [-0.15, -0.1) is 11.3 Å². The first kappa shape index (κ1) is 15.0. The molecule has 1 aliphatic rings. The van der Waals surface area contributed by atoms with Crippen LogP contribution in [0.1, 0.15) is 29.5 Å². The topological polar surface area (TPSA) is 49.4 Å². The summed E-state index contributed by atoms with van der Waals surface area (Å²) < 4.78 is 27.0. The lowest BCUT2D eigenvalue weighted by atomic mass is 10.0. The molecule has 1 saturated heterocycles. The average Bonchev–Trinajstić information content (AvgIpc) is 2.71. The molecule has 6 heteroatoms. The highest BCUT2D eigenvalue weighted by atomic mass is 32.2. The van der Waals surface area contributed by atoms with Crippen molar-refractivity contribution >= 4 is 21.4 Å². The SMILES string of the molecule is CNCc1cc(S(=O)(=O)N2CCCC(C)C2)c(C)s1. The van der Waals surface area contributed by atoms with Crippen LogP contribution in [0.5, 0.6) is 0 Å². The van der Waals surface area contributed by atoms with E-state index in [1.165, 1.54) is 0 Å². The predicted octanol–water partition coefficient (Wildman–Crippen LogP) is 2.20. The third-order valence-electron chi connectivity index (χ3n) is 3.51. The van der Waals surface area contributed by atoms with Crippen LogP contribution < -0.4 is 5.32 Å². The maximum atomic E-state index is 12.7. The molecule has 1 fully saturated rings. The van der Waals surface area contributed by atoms with Gasteiger partial charge in [0.2, 0.25) is 10.0 Å². The van der Waals surface area contributed by atoms with Crippen LogP contribution in [0.2, 0.25) is 0 Å². The van der Waals surface area contributed by atoms with Crippen molar-refractivity contribution < 1.29 is 8.42 Å². The van der Waals surface area contributed by atoms with Crippen LogP contribution in [-0.2, 0) is 16.6 Å². The number of thiophene rings is 1. The van der Waals surface area contributed by atoms with Gasteiger partial charge in [-0.25, -0.2) is 8.42 Å². The Hall–Kier alpha value is -0.430. The van der Waals surface area contributed by atoms with E-state index in [2.05, 4.69) is 12.2 Å². The van der Waals surface area contributed by atoms with Gasteiger partial charge in [0.05, 0.1) is 4.90 Å². The molecule has 0 aromatic carbocycles. The first-order chi connectivity index (χ1) is 8.95. The molecule has 0 spiro atoms. The maximum absolute atomic E-state index is 12.7. The summed E-state index contributed by atoms with van der Waals surface area (Å²) in [4.78, 5) is 2.46. The van der Waals surface area contributed by atoms with Crippen molar-refractivity contribution in [2.75, 3.05) is 20.1 Å². The number of sulfonamides is 1. The van der Waals surface area contributed by atoms with Crippen molar-refractivity contribution in [1.29, 1.82) is 0 Å². The summed E-state index contributed by atoms with van der Waals surface area (Å²) in [6, 6.07) is 1.82. The van der Waals surface area contributed by atoms with Crippen LogP contribution in [0, 0.1) is 12.8 Å². The molecule has 0 amide bonds. The summed E-state index contributed by atoms with van der Waals surface area (Å²) in [5.74, 6) is 0.458. The fourth-order valence-corrected chi connectivity index (χ4v) is 5.76. The Morgan fingerprint density at radius 3 is 2.89 bits per heavy atom. The molecule has 19 heavy (non-hydrogen) atoms. The van der Waals surface area contributed by atoms with Gasteiger partial charge in [0, 0.05) is 29.4 Å². The van der Waals surface area contributed by atoms with Crippen molar-refractivity contribution in [2.45, 2.75) is 38.1 Å². The van der Waals surface area contributed by atoms with E-state index in [1.54, 1.807) is 15.6 Å². The van der Waals surface area contributed by atoms with Gasteiger partial charge in [-0.3, -0.25) is 0 Å². The summed E-state index contributed by atoms with van der Waals surface area (Å²) >= 11 is 1.56. The van der Waals surface area contributed by atoms with Crippen molar-refractivity contribution in [3.8, 4) is 0 Å². The van der Waals surface area contributed by atoms with Gasteiger partial charge in [0.25, 0.3) is 0 Å². The normalized spacial score (nSPS) is 21.7. The van der Waals surface area contributed by atoms with Crippen LogP contribution >= 0.6 is 11.3 Å². The summed E-state index contributed by atoms with van der Waals surface area (Å²) in [6.45, 7) is 6.04. The first-order valence-corrected chi connectivity index (χ1v) is 8.95. The largest absolute Gasteiger partial charge is 0.315 e. The number of aryl methyl sites for hydroxylation is 1. The maximum Gasteiger partial charge on any atom is 0.244 e. The molecule has 0 aliphatic carbocycles. The zero-order valence-corrected chi connectivity index (χ0v) is 13.4. The van der Waals surface area contributed by atoms with Gasteiger partial charge in [0.1, 0.15) is 0 Å². The molecule has 1 aliphatic heterocycles. The molecule has 2 rings (SSSR count). The fourth-order valence-electron chi connectivity index (χ4n) is 2.55. The van der Waals surface area contributed by atoms with Crippen LogP contribution in [0.4, 0.5) is 0 Å². The van der Waals surface area contributed by atoms with Crippen LogP contribution in [-0.4, -0.2) is 32.9 Å². The summed E-state index contributed by atoms with van der Waals surface area (Å²) in [7, 11) is -1.44. The first-order valence-electron chi connectivity index (χ1n) is 6.69. The summed E-state index contributed by atoms with van der Waals surface area (Å²) in [5, 5.41) is 3.06. The van der Waals surface area contributed by atoms with Gasteiger partial charge >= 0.3 is 0 Å². The lowest BCUT2D eigenvalue weighted by Crippen LogP contribution is -2.39. The quantitative estimate of drug-likeness (QED) is 0.927. The minimum Gasteiger partial charge on any atom is -0.315 e. The Balaban J connectivity index is 2.28. The monoisotopic (exact) mass is 302 g/mol. The Labute approximate surface area is 119 Å². The summed E-state index contributed by atoms with van der Waals surface area (Å²) in [5.41, 5.74) is 0. The zero-order valence-electron chi connectivity index (χ0n) is 11.8. The van der Waals surface area contributed by atoms with E-state index >= 15 is 0 Å². The second kappa shape index (κ2) is 5.91. The van der Waals surface area contributed by atoms with Crippen LogP contribution in [0.3, 0.4) is 0 Å². The van der Waals surface area contributed by atoms with E-state index in [1.807, 2.05) is 20.0 Å². The number of nitrogens with one attached hydrogen (secondary N) is 1. The molecule has 1 N–H and O–H groups in total. The average molecular weight is 302 g/mol. The standard InChI is InChI=1S/C13H22N2O2S2/c1-10-5-4-6-15(9-10)19(16,17)13-7-12(8-14-3)18-11(13)2/h7,10,14H,4-6,8-9H2,1-3H3. The van der Waals surface area contributed by atoms with Crippen LogP contribution in [0.15, 0.2) is 11.0 Å². The second-order valence-electron chi connectivity index (χ2n) is 5.27. The number of rotatable bonds is 4. The van der Waals surface area contributed by atoms with Gasteiger partial charge in [-0.2, -0.15) is 4.31 Å². The predicted molar refractivity (Wildman–Crippen MR) is 79.0 cm³/mol. The Morgan fingerprint density at radius 2 is 2.26 bits per heavy atom. The van der Waals surface area contributed by atoms with E-state index in [4.69, 9.17) is 0 Å². The molecule has 0 bridgehead atoms. The molecule has 1 aromatic heterocycles. The van der Waals surface area contributed by atoms with Crippen molar-refractivity contribution in [2.24, 2.45) is 5.92 Å². The number of hydrogen-bond donors (Lipinski definition) is 1. The molecule has 4 nitrogen and oxygen atoms in total. The highest BCUT2D eigenvalue weighted by molar-refractivity contribution is 7.89.